The van der Waals surface area contributed by atoms with Crippen molar-refractivity contribution in [3.63, 3.8) is 0 Å². The highest BCUT2D eigenvalue weighted by atomic mass is 32.1. The molecule has 0 spiro atoms. The van der Waals surface area contributed by atoms with E-state index in [-0.39, 0.29) is 24.1 Å². The predicted octanol–water partition coefficient (Wildman–Crippen LogP) is 2.07. The van der Waals surface area contributed by atoms with Crippen molar-refractivity contribution in [3.05, 3.63) is 29.3 Å². The third-order valence-corrected chi connectivity index (χ3v) is 5.26. The SMILES string of the molecule is CCOCCc1nnc(NC(=O)C2CC(=O)N(c3ccc(NC(C)=O)cc3)C2)s1. The van der Waals surface area contributed by atoms with Crippen LogP contribution in [-0.4, -0.2) is 47.7 Å². The summed E-state index contributed by atoms with van der Waals surface area (Å²) in [6.07, 6.45) is 0.779. The van der Waals surface area contributed by atoms with Crippen molar-refractivity contribution >= 4 is 45.6 Å². The van der Waals surface area contributed by atoms with Crippen molar-refractivity contribution < 1.29 is 19.1 Å². The van der Waals surface area contributed by atoms with E-state index >= 15 is 0 Å². The van der Waals surface area contributed by atoms with E-state index in [1.807, 2.05) is 6.92 Å². The quantitative estimate of drug-likeness (QED) is 0.636. The molecule has 2 N–H and O–H groups in total. The van der Waals surface area contributed by atoms with Crippen molar-refractivity contribution in [2.24, 2.45) is 5.92 Å². The highest BCUT2D eigenvalue weighted by Crippen LogP contribution is 2.27. The highest BCUT2D eigenvalue weighted by Gasteiger charge is 2.35. The van der Waals surface area contributed by atoms with Crippen molar-refractivity contribution in [2.45, 2.75) is 26.7 Å². The van der Waals surface area contributed by atoms with Crippen LogP contribution in [0.2, 0.25) is 0 Å². The van der Waals surface area contributed by atoms with Gasteiger partial charge in [0.1, 0.15) is 5.01 Å². The van der Waals surface area contributed by atoms with Crippen LogP contribution in [0.1, 0.15) is 25.3 Å². The third-order valence-electron chi connectivity index (χ3n) is 4.36. The average Bonchev–Trinajstić information content (AvgIpc) is 3.29. The number of benzene rings is 1. The summed E-state index contributed by atoms with van der Waals surface area (Å²) in [5.74, 6) is -0.993. The van der Waals surface area contributed by atoms with Crippen LogP contribution in [0.25, 0.3) is 0 Å². The van der Waals surface area contributed by atoms with Gasteiger partial charge in [0.05, 0.1) is 12.5 Å². The molecule has 10 heteroatoms. The monoisotopic (exact) mass is 417 g/mol. The second-order valence-corrected chi connectivity index (χ2v) is 7.63. The number of anilines is 3. The summed E-state index contributed by atoms with van der Waals surface area (Å²) in [5, 5.41) is 14.7. The van der Waals surface area contributed by atoms with Crippen LogP contribution >= 0.6 is 11.3 Å². The molecule has 2 aromatic rings. The lowest BCUT2D eigenvalue weighted by Crippen LogP contribution is -2.28. The summed E-state index contributed by atoms with van der Waals surface area (Å²) in [4.78, 5) is 37.6. The van der Waals surface area contributed by atoms with E-state index < -0.39 is 5.92 Å². The van der Waals surface area contributed by atoms with Crippen LogP contribution in [-0.2, 0) is 25.5 Å². The number of hydrogen-bond donors (Lipinski definition) is 2. The Morgan fingerprint density at radius 2 is 2.00 bits per heavy atom. The molecule has 9 nitrogen and oxygen atoms in total. The van der Waals surface area contributed by atoms with Crippen LogP contribution in [0.4, 0.5) is 16.5 Å². The Hall–Kier alpha value is -2.85. The standard InChI is InChI=1S/C19H23N5O4S/c1-3-28-9-8-16-22-23-19(29-16)21-18(27)13-10-17(26)24(11-13)15-6-4-14(5-7-15)20-12(2)25/h4-7,13H,3,8-11H2,1-2H3,(H,20,25)(H,21,23,27). The second kappa shape index (κ2) is 9.57. The number of amides is 3. The van der Waals surface area contributed by atoms with Crippen LogP contribution in [0.3, 0.4) is 0 Å². The molecule has 2 heterocycles. The molecule has 1 aromatic heterocycles. The molecule has 1 fully saturated rings. The number of nitrogens with zero attached hydrogens (tertiary/aromatic N) is 3. The molecule has 1 saturated heterocycles. The van der Waals surface area contributed by atoms with Crippen molar-refractivity contribution in [2.75, 3.05) is 35.3 Å². The minimum Gasteiger partial charge on any atom is -0.381 e. The first-order chi connectivity index (χ1) is 14.0. The summed E-state index contributed by atoms with van der Waals surface area (Å²) in [5.41, 5.74) is 1.34. The Bertz CT molecular complexity index is 883. The summed E-state index contributed by atoms with van der Waals surface area (Å²) in [6, 6.07) is 6.95. The van der Waals surface area contributed by atoms with Crippen molar-refractivity contribution in [1.29, 1.82) is 0 Å². The fourth-order valence-corrected chi connectivity index (χ4v) is 3.70. The summed E-state index contributed by atoms with van der Waals surface area (Å²) < 4.78 is 5.29. The number of ether oxygens (including phenoxy) is 1. The Labute approximate surface area is 172 Å². The number of nitrogens with one attached hydrogen (secondary N) is 2. The number of carbonyl (C=O) groups excluding carboxylic acids is 3. The van der Waals surface area contributed by atoms with Gasteiger partial charge < -0.3 is 20.3 Å². The van der Waals surface area contributed by atoms with E-state index in [2.05, 4.69) is 20.8 Å². The molecule has 1 atom stereocenters. The van der Waals surface area contributed by atoms with Gasteiger partial charge in [-0.2, -0.15) is 0 Å². The molecule has 0 aliphatic carbocycles. The molecule has 1 aliphatic rings. The lowest BCUT2D eigenvalue weighted by molar-refractivity contribution is -0.122. The largest absolute Gasteiger partial charge is 0.381 e. The van der Waals surface area contributed by atoms with E-state index in [1.54, 1.807) is 29.2 Å². The highest BCUT2D eigenvalue weighted by molar-refractivity contribution is 7.15. The maximum atomic E-state index is 12.6. The first kappa shape index (κ1) is 20.9. The summed E-state index contributed by atoms with van der Waals surface area (Å²) >= 11 is 1.31. The van der Waals surface area contributed by atoms with Crippen molar-refractivity contribution in [3.8, 4) is 0 Å². The molecular formula is C19H23N5O4S. The van der Waals surface area contributed by atoms with E-state index in [1.165, 1.54) is 18.3 Å². The molecule has 29 heavy (non-hydrogen) atoms. The zero-order valence-corrected chi connectivity index (χ0v) is 17.1. The number of rotatable bonds is 8. The van der Waals surface area contributed by atoms with Gasteiger partial charge >= 0.3 is 0 Å². The van der Waals surface area contributed by atoms with Gasteiger partial charge in [-0.3, -0.25) is 14.4 Å². The van der Waals surface area contributed by atoms with Crippen LogP contribution in [0.5, 0.6) is 0 Å². The first-order valence-electron chi connectivity index (χ1n) is 9.35. The Morgan fingerprint density at radius 1 is 1.24 bits per heavy atom. The fraction of sp³-hybridized carbons (Fsp3) is 0.421. The van der Waals surface area contributed by atoms with E-state index in [9.17, 15) is 14.4 Å². The summed E-state index contributed by atoms with van der Waals surface area (Å²) in [6.45, 7) is 4.85. The van der Waals surface area contributed by atoms with Crippen LogP contribution in [0.15, 0.2) is 24.3 Å². The van der Waals surface area contributed by atoms with E-state index in [0.29, 0.717) is 42.7 Å². The number of carbonyl (C=O) groups is 3. The van der Waals surface area contributed by atoms with Crippen molar-refractivity contribution in [1.82, 2.24) is 10.2 Å². The maximum Gasteiger partial charge on any atom is 0.231 e. The molecule has 3 rings (SSSR count). The normalized spacial score (nSPS) is 16.1. The van der Waals surface area contributed by atoms with E-state index in [4.69, 9.17) is 4.74 Å². The third kappa shape index (κ3) is 5.58. The molecule has 1 aromatic carbocycles. The van der Waals surface area contributed by atoms with Gasteiger partial charge in [0, 0.05) is 44.3 Å². The zero-order valence-electron chi connectivity index (χ0n) is 16.3. The van der Waals surface area contributed by atoms with Crippen LogP contribution < -0.4 is 15.5 Å². The zero-order chi connectivity index (χ0) is 20.8. The van der Waals surface area contributed by atoms with Gasteiger partial charge in [0.15, 0.2) is 0 Å². The van der Waals surface area contributed by atoms with Crippen LogP contribution in [0, 0.1) is 5.92 Å². The molecule has 3 amide bonds. The average molecular weight is 417 g/mol. The molecule has 1 aliphatic heterocycles. The molecule has 1 unspecified atom stereocenters. The minimum absolute atomic E-state index is 0.118. The Kier molecular flexibility index (Phi) is 6.89. The van der Waals surface area contributed by atoms with Gasteiger partial charge in [-0.1, -0.05) is 11.3 Å². The maximum absolute atomic E-state index is 12.6. The molecular weight excluding hydrogens is 394 g/mol. The van der Waals surface area contributed by atoms with Gasteiger partial charge in [-0.15, -0.1) is 10.2 Å². The predicted molar refractivity (Wildman–Crippen MR) is 110 cm³/mol. The molecule has 0 bridgehead atoms. The minimum atomic E-state index is -0.465. The lowest BCUT2D eigenvalue weighted by Gasteiger charge is -2.17. The van der Waals surface area contributed by atoms with E-state index in [0.717, 1.165) is 5.01 Å². The second-order valence-electron chi connectivity index (χ2n) is 6.57. The van der Waals surface area contributed by atoms with Gasteiger partial charge in [-0.25, -0.2) is 0 Å². The first-order valence-corrected chi connectivity index (χ1v) is 10.2. The topological polar surface area (TPSA) is 114 Å². The molecule has 0 radical (unpaired) electrons. The smallest absolute Gasteiger partial charge is 0.231 e. The molecule has 0 saturated carbocycles. The Balaban J connectivity index is 1.56. The van der Waals surface area contributed by atoms with Gasteiger partial charge in [-0.05, 0) is 31.2 Å². The molecule has 154 valence electrons. The van der Waals surface area contributed by atoms with Gasteiger partial charge in [0.2, 0.25) is 22.9 Å². The van der Waals surface area contributed by atoms with Gasteiger partial charge in [0.25, 0.3) is 0 Å². The fourth-order valence-electron chi connectivity index (χ4n) is 2.98. The lowest BCUT2D eigenvalue weighted by atomic mass is 10.1. The number of aromatic nitrogens is 2. The number of hydrogen-bond acceptors (Lipinski definition) is 7. The summed E-state index contributed by atoms with van der Waals surface area (Å²) in [7, 11) is 0. The Morgan fingerprint density at radius 3 is 2.69 bits per heavy atom.